The Morgan fingerprint density at radius 2 is 1.86 bits per heavy atom. The molecule has 1 N–H and O–H groups in total. The molecule has 4 nitrogen and oxygen atoms in total. The van der Waals surface area contributed by atoms with Crippen LogP contribution in [0.25, 0.3) is 10.9 Å². The molecular formula is C23H26ClN3O. The summed E-state index contributed by atoms with van der Waals surface area (Å²) in [4.78, 5) is 20.0. The number of hydrogen-bond acceptors (Lipinski definition) is 3. The molecule has 0 aliphatic carbocycles. The van der Waals surface area contributed by atoms with E-state index in [0.717, 1.165) is 41.7 Å². The molecule has 1 amide bonds. The lowest BCUT2D eigenvalue weighted by atomic mass is 9.88. The maximum atomic E-state index is 13.2. The van der Waals surface area contributed by atoms with E-state index in [1.54, 1.807) is 6.20 Å². The molecule has 0 fully saturated rings. The molecule has 3 aromatic rings. The number of pyridine rings is 1. The van der Waals surface area contributed by atoms with Gasteiger partial charge in [0, 0.05) is 29.7 Å². The van der Waals surface area contributed by atoms with Crippen LogP contribution in [-0.2, 0) is 4.79 Å². The van der Waals surface area contributed by atoms with Crippen LogP contribution in [0.2, 0.25) is 5.02 Å². The van der Waals surface area contributed by atoms with Crippen LogP contribution < -0.4 is 5.32 Å². The molecule has 1 heterocycles. The van der Waals surface area contributed by atoms with Crippen molar-refractivity contribution in [2.75, 3.05) is 26.2 Å². The van der Waals surface area contributed by atoms with Gasteiger partial charge in [0.1, 0.15) is 0 Å². The smallest absolute Gasteiger partial charge is 0.232 e. The zero-order valence-electron chi connectivity index (χ0n) is 16.4. The molecule has 28 heavy (non-hydrogen) atoms. The predicted molar refractivity (Wildman–Crippen MR) is 116 cm³/mol. The minimum Gasteiger partial charge on any atom is -0.354 e. The standard InChI is InChI=1S/C23H26ClN3O/c1-3-27(4-2)15-14-26-23(28)22(17-8-6-5-7-9-17)20-12-13-25-21-16-18(24)10-11-19(20)21/h5-13,16,22H,3-4,14-15H2,1-2H3,(H,26,28). The number of nitrogens with one attached hydrogen (secondary N) is 1. The van der Waals surface area contributed by atoms with E-state index in [4.69, 9.17) is 11.6 Å². The van der Waals surface area contributed by atoms with Crippen molar-refractivity contribution < 1.29 is 4.79 Å². The van der Waals surface area contributed by atoms with E-state index in [2.05, 4.69) is 29.0 Å². The van der Waals surface area contributed by atoms with E-state index in [-0.39, 0.29) is 5.91 Å². The first-order valence-electron chi connectivity index (χ1n) is 9.73. The largest absolute Gasteiger partial charge is 0.354 e. The third-order valence-electron chi connectivity index (χ3n) is 5.07. The van der Waals surface area contributed by atoms with E-state index >= 15 is 0 Å². The highest BCUT2D eigenvalue weighted by molar-refractivity contribution is 6.31. The monoisotopic (exact) mass is 395 g/mol. The number of likely N-dealkylation sites (N-methyl/N-ethyl adjacent to an activating group) is 1. The SMILES string of the molecule is CCN(CC)CCNC(=O)C(c1ccccc1)c1ccnc2cc(Cl)ccc12. The Labute approximate surface area is 171 Å². The molecule has 0 saturated heterocycles. The fourth-order valence-corrected chi connectivity index (χ4v) is 3.66. The number of aromatic nitrogens is 1. The summed E-state index contributed by atoms with van der Waals surface area (Å²) < 4.78 is 0. The summed E-state index contributed by atoms with van der Waals surface area (Å²) in [7, 11) is 0. The zero-order chi connectivity index (χ0) is 19.9. The Bertz CT molecular complexity index is 926. The summed E-state index contributed by atoms with van der Waals surface area (Å²) in [5.74, 6) is -0.398. The molecule has 3 rings (SSSR count). The highest BCUT2D eigenvalue weighted by Gasteiger charge is 2.24. The zero-order valence-corrected chi connectivity index (χ0v) is 17.1. The summed E-state index contributed by atoms with van der Waals surface area (Å²) in [6.07, 6.45) is 1.74. The molecule has 1 unspecified atom stereocenters. The molecule has 2 aromatic carbocycles. The number of carbonyl (C=O) groups is 1. The van der Waals surface area contributed by atoms with E-state index in [1.807, 2.05) is 54.6 Å². The number of carbonyl (C=O) groups excluding carboxylic acids is 1. The van der Waals surface area contributed by atoms with Crippen molar-refractivity contribution in [2.45, 2.75) is 19.8 Å². The van der Waals surface area contributed by atoms with Gasteiger partial charge in [0.2, 0.25) is 5.91 Å². The van der Waals surface area contributed by atoms with Gasteiger partial charge >= 0.3 is 0 Å². The van der Waals surface area contributed by atoms with Gasteiger partial charge in [-0.15, -0.1) is 0 Å². The van der Waals surface area contributed by atoms with Crippen molar-refractivity contribution in [1.29, 1.82) is 0 Å². The highest BCUT2D eigenvalue weighted by atomic mass is 35.5. The summed E-state index contributed by atoms with van der Waals surface area (Å²) in [5.41, 5.74) is 2.69. The first-order chi connectivity index (χ1) is 13.6. The highest BCUT2D eigenvalue weighted by Crippen LogP contribution is 2.31. The number of hydrogen-bond donors (Lipinski definition) is 1. The molecule has 0 aliphatic heterocycles. The molecule has 0 bridgehead atoms. The third kappa shape index (κ3) is 4.70. The molecule has 0 saturated carbocycles. The maximum Gasteiger partial charge on any atom is 0.232 e. The first-order valence-corrected chi connectivity index (χ1v) is 10.1. The lowest BCUT2D eigenvalue weighted by Gasteiger charge is -2.22. The Balaban J connectivity index is 1.94. The molecule has 0 spiro atoms. The molecular weight excluding hydrogens is 370 g/mol. The predicted octanol–water partition coefficient (Wildman–Crippen LogP) is 4.48. The fourth-order valence-electron chi connectivity index (χ4n) is 3.49. The molecule has 5 heteroatoms. The summed E-state index contributed by atoms with van der Waals surface area (Å²) in [6.45, 7) is 7.68. The minimum atomic E-state index is -0.399. The van der Waals surface area contributed by atoms with Gasteiger partial charge in [0.05, 0.1) is 11.4 Å². The normalized spacial score (nSPS) is 12.3. The van der Waals surface area contributed by atoms with Crippen LogP contribution >= 0.6 is 11.6 Å². The van der Waals surface area contributed by atoms with Crippen LogP contribution in [0.3, 0.4) is 0 Å². The lowest BCUT2D eigenvalue weighted by Crippen LogP contribution is -2.37. The molecule has 0 aliphatic rings. The van der Waals surface area contributed by atoms with E-state index < -0.39 is 5.92 Å². The van der Waals surface area contributed by atoms with Gasteiger partial charge in [0.15, 0.2) is 0 Å². The minimum absolute atomic E-state index is 0.000746. The van der Waals surface area contributed by atoms with Crippen molar-refractivity contribution in [3.8, 4) is 0 Å². The summed E-state index contributed by atoms with van der Waals surface area (Å²) in [5, 5.41) is 4.71. The van der Waals surface area contributed by atoms with Gasteiger partial charge in [-0.05, 0) is 42.4 Å². The van der Waals surface area contributed by atoms with E-state index in [9.17, 15) is 4.79 Å². The average Bonchev–Trinajstić information content (AvgIpc) is 2.72. The topological polar surface area (TPSA) is 45.2 Å². The summed E-state index contributed by atoms with van der Waals surface area (Å²) >= 11 is 6.13. The quantitative estimate of drug-likeness (QED) is 0.611. The van der Waals surface area contributed by atoms with Gasteiger partial charge in [-0.25, -0.2) is 0 Å². The number of benzene rings is 2. The first kappa shape index (κ1) is 20.3. The van der Waals surface area contributed by atoms with E-state index in [1.165, 1.54) is 0 Å². The van der Waals surface area contributed by atoms with E-state index in [0.29, 0.717) is 11.6 Å². The van der Waals surface area contributed by atoms with Gasteiger partial charge < -0.3 is 10.2 Å². The maximum absolute atomic E-state index is 13.2. The van der Waals surface area contributed by atoms with Gasteiger partial charge in [-0.2, -0.15) is 0 Å². The van der Waals surface area contributed by atoms with Crippen molar-refractivity contribution in [2.24, 2.45) is 0 Å². The lowest BCUT2D eigenvalue weighted by molar-refractivity contribution is -0.121. The number of amides is 1. The Hall–Kier alpha value is -2.43. The molecule has 1 atom stereocenters. The average molecular weight is 396 g/mol. The van der Waals surface area contributed by atoms with Crippen molar-refractivity contribution >= 4 is 28.4 Å². The summed E-state index contributed by atoms with van der Waals surface area (Å²) in [6, 6.07) is 17.4. The van der Waals surface area contributed by atoms with Crippen LogP contribution in [0.1, 0.15) is 30.9 Å². The number of nitrogens with zero attached hydrogens (tertiary/aromatic N) is 2. The Morgan fingerprint density at radius 1 is 1.11 bits per heavy atom. The number of fused-ring (bicyclic) bond motifs is 1. The van der Waals surface area contributed by atoms with Crippen molar-refractivity contribution in [3.63, 3.8) is 0 Å². The van der Waals surface area contributed by atoms with Crippen LogP contribution in [0.5, 0.6) is 0 Å². The van der Waals surface area contributed by atoms with Crippen LogP contribution in [0, 0.1) is 0 Å². The molecule has 0 radical (unpaired) electrons. The number of halogens is 1. The molecule has 1 aromatic heterocycles. The third-order valence-corrected chi connectivity index (χ3v) is 5.30. The second-order valence-electron chi connectivity index (χ2n) is 6.72. The Morgan fingerprint density at radius 3 is 2.57 bits per heavy atom. The fraction of sp³-hybridized carbons (Fsp3) is 0.304. The number of rotatable bonds is 8. The molecule has 146 valence electrons. The van der Waals surface area contributed by atoms with Crippen LogP contribution in [0.15, 0.2) is 60.8 Å². The van der Waals surface area contributed by atoms with Crippen molar-refractivity contribution in [1.82, 2.24) is 15.2 Å². The van der Waals surface area contributed by atoms with Crippen molar-refractivity contribution in [3.05, 3.63) is 76.9 Å². The van der Waals surface area contributed by atoms with Gasteiger partial charge in [-0.3, -0.25) is 9.78 Å². The second-order valence-corrected chi connectivity index (χ2v) is 7.16. The second kappa shape index (κ2) is 9.67. The Kier molecular flexibility index (Phi) is 7.01. The van der Waals surface area contributed by atoms with Gasteiger partial charge in [0.25, 0.3) is 0 Å². The van der Waals surface area contributed by atoms with Crippen LogP contribution in [0.4, 0.5) is 0 Å². The van der Waals surface area contributed by atoms with Crippen LogP contribution in [-0.4, -0.2) is 42.0 Å². The van der Waals surface area contributed by atoms with Gasteiger partial charge in [-0.1, -0.05) is 61.8 Å².